The van der Waals surface area contributed by atoms with Crippen molar-refractivity contribution in [3.05, 3.63) is 40.9 Å². The Morgan fingerprint density at radius 2 is 2.00 bits per heavy atom. The number of thiazole rings is 1. The first-order valence-corrected chi connectivity index (χ1v) is 11.0. The molecular formula is C21H27N5O2S. The summed E-state index contributed by atoms with van der Waals surface area (Å²) in [6.45, 7) is 1.85. The molecule has 1 saturated carbocycles. The van der Waals surface area contributed by atoms with Crippen molar-refractivity contribution in [1.29, 1.82) is 0 Å². The summed E-state index contributed by atoms with van der Waals surface area (Å²) in [4.78, 5) is 34.4. The van der Waals surface area contributed by atoms with Crippen molar-refractivity contribution in [3.63, 3.8) is 0 Å². The Hall–Kier alpha value is -2.45. The van der Waals surface area contributed by atoms with E-state index in [-0.39, 0.29) is 18.0 Å². The van der Waals surface area contributed by atoms with E-state index in [1.165, 1.54) is 24.2 Å². The number of aromatic nitrogens is 1. The van der Waals surface area contributed by atoms with E-state index in [1.54, 1.807) is 4.90 Å². The van der Waals surface area contributed by atoms with E-state index >= 15 is 0 Å². The summed E-state index contributed by atoms with van der Waals surface area (Å²) in [6.07, 6.45) is 5.28. The van der Waals surface area contributed by atoms with E-state index in [1.807, 2.05) is 37.4 Å². The number of rotatable bonds is 5. The van der Waals surface area contributed by atoms with Crippen molar-refractivity contribution in [2.75, 3.05) is 30.4 Å². The van der Waals surface area contributed by atoms with E-state index in [0.29, 0.717) is 18.2 Å². The number of anilines is 2. The van der Waals surface area contributed by atoms with Crippen LogP contribution < -0.4 is 15.5 Å². The number of carbonyl (C=O) groups is 2. The molecule has 2 N–H and O–H groups in total. The molecule has 2 aromatic rings. The molecule has 4 rings (SSSR count). The third kappa shape index (κ3) is 4.94. The highest BCUT2D eigenvalue weighted by atomic mass is 32.1. The molecular weight excluding hydrogens is 386 g/mol. The fourth-order valence-electron chi connectivity index (χ4n) is 3.92. The summed E-state index contributed by atoms with van der Waals surface area (Å²) in [6, 6.07) is 9.79. The van der Waals surface area contributed by atoms with Gasteiger partial charge in [-0.05, 0) is 25.0 Å². The van der Waals surface area contributed by atoms with Crippen molar-refractivity contribution >= 4 is 34.1 Å². The molecule has 1 aliphatic heterocycles. The average molecular weight is 414 g/mol. The minimum absolute atomic E-state index is 0.0680. The fourth-order valence-corrected chi connectivity index (χ4v) is 4.96. The summed E-state index contributed by atoms with van der Waals surface area (Å²) >= 11 is 1.51. The van der Waals surface area contributed by atoms with E-state index in [0.717, 1.165) is 42.1 Å². The first kappa shape index (κ1) is 19.8. The van der Waals surface area contributed by atoms with Crippen LogP contribution in [0.2, 0.25) is 0 Å². The smallest absolute Gasteiger partial charge is 0.321 e. The quantitative estimate of drug-likeness (QED) is 0.789. The van der Waals surface area contributed by atoms with Crippen LogP contribution >= 0.6 is 11.3 Å². The molecule has 0 atom stereocenters. The summed E-state index contributed by atoms with van der Waals surface area (Å²) in [5, 5.41) is 6.55. The molecule has 1 fully saturated rings. The van der Waals surface area contributed by atoms with Crippen LogP contribution in [0.25, 0.3) is 0 Å². The van der Waals surface area contributed by atoms with Gasteiger partial charge in [-0.15, -0.1) is 11.3 Å². The van der Waals surface area contributed by atoms with Gasteiger partial charge in [0, 0.05) is 43.2 Å². The van der Waals surface area contributed by atoms with Gasteiger partial charge in [0.25, 0.3) is 0 Å². The lowest BCUT2D eigenvalue weighted by Gasteiger charge is -2.27. The SMILES string of the molecule is CN(C(=O)CN1CCc2nc(NC(=O)NC3CCCC3)sc2C1)c1ccccc1. The van der Waals surface area contributed by atoms with Crippen LogP contribution in [0.4, 0.5) is 15.6 Å². The zero-order chi connectivity index (χ0) is 20.2. The predicted octanol–water partition coefficient (Wildman–Crippen LogP) is 3.23. The number of urea groups is 1. The highest BCUT2D eigenvalue weighted by Crippen LogP contribution is 2.28. The van der Waals surface area contributed by atoms with Crippen LogP contribution in [0.5, 0.6) is 0 Å². The molecule has 0 bridgehead atoms. The van der Waals surface area contributed by atoms with Crippen molar-refractivity contribution in [1.82, 2.24) is 15.2 Å². The van der Waals surface area contributed by atoms with Gasteiger partial charge in [0.05, 0.1) is 12.2 Å². The standard InChI is InChI=1S/C21H27N5O2S/c1-25(16-9-3-2-4-10-16)19(27)14-26-12-11-17-18(13-26)29-21(23-17)24-20(28)22-15-7-5-6-8-15/h2-4,9-10,15H,5-8,11-14H2,1H3,(H2,22,23,24,28). The molecule has 0 saturated heterocycles. The van der Waals surface area contributed by atoms with Gasteiger partial charge in [-0.2, -0.15) is 0 Å². The number of amides is 3. The predicted molar refractivity (Wildman–Crippen MR) is 115 cm³/mol. The number of carbonyl (C=O) groups excluding carboxylic acids is 2. The maximum absolute atomic E-state index is 12.6. The maximum Gasteiger partial charge on any atom is 0.321 e. The second-order valence-corrected chi connectivity index (χ2v) is 8.80. The van der Waals surface area contributed by atoms with Crippen LogP contribution in [0.1, 0.15) is 36.3 Å². The minimum Gasteiger partial charge on any atom is -0.335 e. The summed E-state index contributed by atoms with van der Waals surface area (Å²) in [7, 11) is 1.81. The van der Waals surface area contributed by atoms with E-state index in [9.17, 15) is 9.59 Å². The Morgan fingerprint density at radius 3 is 2.76 bits per heavy atom. The molecule has 2 aliphatic rings. The zero-order valence-corrected chi connectivity index (χ0v) is 17.5. The van der Waals surface area contributed by atoms with Gasteiger partial charge in [-0.3, -0.25) is 15.0 Å². The van der Waals surface area contributed by atoms with E-state index < -0.39 is 0 Å². The highest BCUT2D eigenvalue weighted by molar-refractivity contribution is 7.15. The van der Waals surface area contributed by atoms with Crippen LogP contribution in [-0.2, 0) is 17.8 Å². The zero-order valence-electron chi connectivity index (χ0n) is 16.7. The number of hydrogen-bond acceptors (Lipinski definition) is 5. The first-order valence-electron chi connectivity index (χ1n) is 10.2. The summed E-state index contributed by atoms with van der Waals surface area (Å²) in [5.41, 5.74) is 1.93. The van der Waals surface area contributed by atoms with Gasteiger partial charge in [-0.1, -0.05) is 31.0 Å². The fraction of sp³-hybridized carbons (Fsp3) is 0.476. The molecule has 0 spiro atoms. The topological polar surface area (TPSA) is 77.6 Å². The number of fused-ring (bicyclic) bond motifs is 1. The van der Waals surface area contributed by atoms with Crippen molar-refractivity contribution in [2.24, 2.45) is 0 Å². The van der Waals surface area contributed by atoms with Gasteiger partial charge in [0.1, 0.15) is 0 Å². The molecule has 154 valence electrons. The van der Waals surface area contributed by atoms with E-state index in [4.69, 9.17) is 0 Å². The lowest BCUT2D eigenvalue weighted by Crippen LogP contribution is -2.40. The number of benzene rings is 1. The molecule has 1 aromatic heterocycles. The van der Waals surface area contributed by atoms with Crippen LogP contribution in [0, 0.1) is 0 Å². The van der Waals surface area contributed by atoms with Crippen LogP contribution in [-0.4, -0.2) is 48.0 Å². The van der Waals surface area contributed by atoms with Gasteiger partial charge >= 0.3 is 6.03 Å². The molecule has 0 unspecified atom stereocenters. The van der Waals surface area contributed by atoms with Gasteiger partial charge in [0.2, 0.25) is 5.91 Å². The van der Waals surface area contributed by atoms with E-state index in [2.05, 4.69) is 20.5 Å². The van der Waals surface area contributed by atoms with Crippen LogP contribution in [0.15, 0.2) is 30.3 Å². The Kier molecular flexibility index (Phi) is 6.10. The summed E-state index contributed by atoms with van der Waals surface area (Å²) in [5.74, 6) is 0.0680. The summed E-state index contributed by atoms with van der Waals surface area (Å²) < 4.78 is 0. The Balaban J connectivity index is 1.31. The second-order valence-electron chi connectivity index (χ2n) is 7.72. The minimum atomic E-state index is -0.167. The molecule has 8 heteroatoms. The van der Waals surface area contributed by atoms with Gasteiger partial charge in [0.15, 0.2) is 5.13 Å². The third-order valence-corrected chi connectivity index (χ3v) is 6.60. The maximum atomic E-state index is 12.6. The number of hydrogen-bond donors (Lipinski definition) is 2. The Morgan fingerprint density at radius 1 is 1.24 bits per heavy atom. The highest BCUT2D eigenvalue weighted by Gasteiger charge is 2.24. The number of nitrogens with one attached hydrogen (secondary N) is 2. The van der Waals surface area contributed by atoms with Gasteiger partial charge in [-0.25, -0.2) is 9.78 Å². The molecule has 3 amide bonds. The molecule has 1 aliphatic carbocycles. The van der Waals surface area contributed by atoms with Gasteiger partial charge < -0.3 is 10.2 Å². The lowest BCUT2D eigenvalue weighted by atomic mass is 10.2. The average Bonchev–Trinajstić information content (AvgIpc) is 3.36. The third-order valence-electron chi connectivity index (χ3n) is 5.60. The lowest BCUT2D eigenvalue weighted by molar-refractivity contribution is -0.119. The monoisotopic (exact) mass is 413 g/mol. The first-order chi connectivity index (χ1) is 14.1. The molecule has 7 nitrogen and oxygen atoms in total. The number of nitrogens with zero attached hydrogens (tertiary/aromatic N) is 3. The number of para-hydroxylation sites is 1. The normalized spacial score (nSPS) is 17.0. The second kappa shape index (κ2) is 8.92. The molecule has 0 radical (unpaired) electrons. The molecule has 2 heterocycles. The van der Waals surface area contributed by atoms with Crippen molar-refractivity contribution in [3.8, 4) is 0 Å². The Labute approximate surface area is 175 Å². The molecule has 29 heavy (non-hydrogen) atoms. The Bertz CT molecular complexity index is 863. The van der Waals surface area contributed by atoms with Crippen molar-refractivity contribution in [2.45, 2.75) is 44.7 Å². The number of likely N-dealkylation sites (N-methyl/N-ethyl adjacent to an activating group) is 1. The van der Waals surface area contributed by atoms with Crippen LogP contribution in [0.3, 0.4) is 0 Å². The molecule has 1 aromatic carbocycles. The van der Waals surface area contributed by atoms with Crippen molar-refractivity contribution < 1.29 is 9.59 Å². The largest absolute Gasteiger partial charge is 0.335 e.